The molecule has 0 spiro atoms. The van der Waals surface area contributed by atoms with Crippen LogP contribution in [0.15, 0.2) is 0 Å². The number of methoxy groups -OCH3 is 1. The van der Waals surface area contributed by atoms with Crippen molar-refractivity contribution in [3.05, 3.63) is 11.4 Å². The molecule has 17 heavy (non-hydrogen) atoms. The van der Waals surface area contributed by atoms with Gasteiger partial charge in [0.15, 0.2) is 0 Å². The highest BCUT2D eigenvalue weighted by atomic mass is 16.5. The number of hydrogen-bond donors (Lipinski definition) is 0. The van der Waals surface area contributed by atoms with Crippen LogP contribution in [0, 0.1) is 5.92 Å². The Morgan fingerprint density at radius 2 is 2.24 bits per heavy atom. The minimum atomic E-state index is 0.419. The van der Waals surface area contributed by atoms with Gasteiger partial charge in [0.25, 0.3) is 0 Å². The Morgan fingerprint density at radius 1 is 1.41 bits per heavy atom. The molecule has 94 valence electrons. The molecule has 1 aliphatic carbocycles. The van der Waals surface area contributed by atoms with E-state index in [-0.39, 0.29) is 0 Å². The minimum absolute atomic E-state index is 0.419. The summed E-state index contributed by atoms with van der Waals surface area (Å²) in [6.07, 6.45) is 2.80. The first-order valence-corrected chi connectivity index (χ1v) is 6.37. The van der Waals surface area contributed by atoms with Gasteiger partial charge < -0.3 is 4.74 Å². The van der Waals surface area contributed by atoms with Crippen molar-refractivity contribution in [3.8, 4) is 0 Å². The lowest BCUT2D eigenvalue weighted by Crippen LogP contribution is -2.37. The first-order chi connectivity index (χ1) is 8.28. The van der Waals surface area contributed by atoms with Gasteiger partial charge in [0.1, 0.15) is 5.69 Å². The molecular formula is C12H20N4O. The van der Waals surface area contributed by atoms with Gasteiger partial charge in [0.05, 0.1) is 12.3 Å². The van der Waals surface area contributed by atoms with Crippen molar-refractivity contribution < 1.29 is 4.74 Å². The Balaban J connectivity index is 1.79. The molecular weight excluding hydrogens is 216 g/mol. The number of ether oxygens (including phenoxy) is 1. The van der Waals surface area contributed by atoms with Crippen LogP contribution in [-0.2, 0) is 18.3 Å². The van der Waals surface area contributed by atoms with E-state index >= 15 is 0 Å². The zero-order valence-electron chi connectivity index (χ0n) is 10.6. The molecule has 1 aromatic rings. The van der Waals surface area contributed by atoms with Gasteiger partial charge in [-0.25, -0.2) is 0 Å². The number of nitrogens with zero attached hydrogens (tertiary/aromatic N) is 4. The molecule has 3 rings (SSSR count). The van der Waals surface area contributed by atoms with Crippen LogP contribution in [0.3, 0.4) is 0 Å². The second-order valence-electron chi connectivity index (χ2n) is 5.33. The third-order valence-electron chi connectivity index (χ3n) is 3.76. The lowest BCUT2D eigenvalue weighted by molar-refractivity contribution is 0.133. The number of fused-ring (bicyclic) bond motifs is 1. The Kier molecular flexibility index (Phi) is 2.88. The topological polar surface area (TPSA) is 43.2 Å². The summed E-state index contributed by atoms with van der Waals surface area (Å²) in [4.78, 5) is 2.51. The van der Waals surface area contributed by atoms with E-state index in [2.05, 4.69) is 15.2 Å². The van der Waals surface area contributed by atoms with Crippen LogP contribution < -0.4 is 0 Å². The quantitative estimate of drug-likeness (QED) is 0.774. The standard InChI is InChI=1S/C12H20N4O/c1-15-12-10(8-17-2)6-16(5-9-3-4-9)7-11(12)13-14-15/h9-10H,3-8H2,1-2H3/t10-/m0/s1. The molecule has 0 bridgehead atoms. The second kappa shape index (κ2) is 4.38. The normalized spacial score (nSPS) is 24.9. The number of aryl methyl sites for hydroxylation is 1. The van der Waals surface area contributed by atoms with Crippen LogP contribution in [0.1, 0.15) is 30.1 Å². The van der Waals surface area contributed by atoms with Crippen molar-refractivity contribution in [2.45, 2.75) is 25.3 Å². The van der Waals surface area contributed by atoms with Crippen LogP contribution in [-0.4, -0.2) is 46.7 Å². The maximum Gasteiger partial charge on any atom is 0.100 e. The summed E-state index contributed by atoms with van der Waals surface area (Å²) in [6, 6.07) is 0. The predicted octanol–water partition coefficient (Wildman–Crippen LogP) is 0.771. The second-order valence-corrected chi connectivity index (χ2v) is 5.33. The molecule has 5 nitrogen and oxygen atoms in total. The molecule has 0 aromatic carbocycles. The summed E-state index contributed by atoms with van der Waals surface area (Å²) in [5.74, 6) is 1.35. The zero-order valence-corrected chi connectivity index (χ0v) is 10.6. The first kappa shape index (κ1) is 11.2. The van der Waals surface area contributed by atoms with Gasteiger partial charge in [-0.3, -0.25) is 9.58 Å². The van der Waals surface area contributed by atoms with E-state index in [1.807, 2.05) is 11.7 Å². The molecule has 0 unspecified atom stereocenters. The highest BCUT2D eigenvalue weighted by molar-refractivity contribution is 5.19. The van der Waals surface area contributed by atoms with Crippen molar-refractivity contribution >= 4 is 0 Å². The Hall–Kier alpha value is -0.940. The molecule has 2 heterocycles. The van der Waals surface area contributed by atoms with Crippen LogP contribution in [0.4, 0.5) is 0 Å². The molecule has 1 aliphatic heterocycles. The number of aromatic nitrogens is 3. The SMILES string of the molecule is COC[C@@H]1CN(CC2CC2)Cc2nnn(C)c21. The van der Waals surface area contributed by atoms with Gasteiger partial charge in [-0.05, 0) is 18.8 Å². The van der Waals surface area contributed by atoms with Gasteiger partial charge in [0, 0.05) is 39.7 Å². The third kappa shape index (κ3) is 2.21. The van der Waals surface area contributed by atoms with Gasteiger partial charge >= 0.3 is 0 Å². The smallest absolute Gasteiger partial charge is 0.100 e. The average Bonchev–Trinajstić information content (AvgIpc) is 3.03. The fraction of sp³-hybridized carbons (Fsp3) is 0.833. The fourth-order valence-electron chi connectivity index (χ4n) is 2.83. The van der Waals surface area contributed by atoms with Gasteiger partial charge in [-0.1, -0.05) is 5.21 Å². The van der Waals surface area contributed by atoms with Crippen LogP contribution >= 0.6 is 0 Å². The molecule has 1 saturated carbocycles. The van der Waals surface area contributed by atoms with E-state index in [0.717, 1.165) is 31.3 Å². The summed E-state index contributed by atoms with van der Waals surface area (Å²) in [5, 5.41) is 8.43. The van der Waals surface area contributed by atoms with Crippen LogP contribution in [0.25, 0.3) is 0 Å². The molecule has 1 atom stereocenters. The molecule has 0 N–H and O–H groups in total. The van der Waals surface area contributed by atoms with E-state index in [4.69, 9.17) is 4.74 Å². The fourth-order valence-corrected chi connectivity index (χ4v) is 2.83. The minimum Gasteiger partial charge on any atom is -0.384 e. The van der Waals surface area contributed by atoms with E-state index in [9.17, 15) is 0 Å². The third-order valence-corrected chi connectivity index (χ3v) is 3.76. The Bertz CT molecular complexity index is 399. The summed E-state index contributed by atoms with van der Waals surface area (Å²) < 4.78 is 7.25. The molecule has 2 aliphatic rings. The first-order valence-electron chi connectivity index (χ1n) is 6.37. The molecule has 0 amide bonds. The molecule has 1 aromatic heterocycles. The molecule has 0 radical (unpaired) electrons. The van der Waals surface area contributed by atoms with E-state index in [0.29, 0.717) is 5.92 Å². The largest absolute Gasteiger partial charge is 0.384 e. The van der Waals surface area contributed by atoms with Crippen molar-refractivity contribution in [1.82, 2.24) is 19.9 Å². The summed E-state index contributed by atoms with van der Waals surface area (Å²) in [7, 11) is 3.74. The predicted molar refractivity (Wildman–Crippen MR) is 63.6 cm³/mol. The van der Waals surface area contributed by atoms with Crippen molar-refractivity contribution in [2.24, 2.45) is 13.0 Å². The maximum absolute atomic E-state index is 5.34. The van der Waals surface area contributed by atoms with Crippen molar-refractivity contribution in [3.63, 3.8) is 0 Å². The number of hydrogen-bond acceptors (Lipinski definition) is 4. The Labute approximate surface area is 102 Å². The van der Waals surface area contributed by atoms with Crippen LogP contribution in [0.5, 0.6) is 0 Å². The van der Waals surface area contributed by atoms with E-state index < -0.39 is 0 Å². The average molecular weight is 236 g/mol. The van der Waals surface area contributed by atoms with E-state index in [1.54, 1.807) is 7.11 Å². The highest BCUT2D eigenvalue weighted by Gasteiger charge is 2.32. The van der Waals surface area contributed by atoms with Gasteiger partial charge in [0.2, 0.25) is 0 Å². The van der Waals surface area contributed by atoms with Crippen molar-refractivity contribution in [2.75, 3.05) is 26.8 Å². The summed E-state index contributed by atoms with van der Waals surface area (Å²) in [6.45, 7) is 4.02. The molecule has 1 fully saturated rings. The molecule has 0 saturated heterocycles. The van der Waals surface area contributed by atoms with Gasteiger partial charge in [-0.15, -0.1) is 5.10 Å². The molecule has 5 heteroatoms. The Morgan fingerprint density at radius 3 is 2.94 bits per heavy atom. The van der Waals surface area contributed by atoms with E-state index in [1.165, 1.54) is 25.1 Å². The summed E-state index contributed by atoms with van der Waals surface area (Å²) >= 11 is 0. The zero-order chi connectivity index (χ0) is 11.8. The summed E-state index contributed by atoms with van der Waals surface area (Å²) in [5.41, 5.74) is 2.40. The monoisotopic (exact) mass is 236 g/mol. The lowest BCUT2D eigenvalue weighted by atomic mass is 9.99. The van der Waals surface area contributed by atoms with Crippen LogP contribution in [0.2, 0.25) is 0 Å². The van der Waals surface area contributed by atoms with Gasteiger partial charge in [-0.2, -0.15) is 0 Å². The van der Waals surface area contributed by atoms with Crippen molar-refractivity contribution in [1.29, 1.82) is 0 Å². The lowest BCUT2D eigenvalue weighted by Gasteiger charge is -2.31. The highest BCUT2D eigenvalue weighted by Crippen LogP contribution is 2.33. The number of rotatable bonds is 4. The maximum atomic E-state index is 5.34.